The fourth-order valence-electron chi connectivity index (χ4n) is 3.58. The molecular formula is C20H33IN4O2. The molecule has 0 radical (unpaired) electrons. The summed E-state index contributed by atoms with van der Waals surface area (Å²) in [6, 6.07) is 10.9. The van der Waals surface area contributed by atoms with Gasteiger partial charge in [-0.2, -0.15) is 0 Å². The van der Waals surface area contributed by atoms with Crippen molar-refractivity contribution in [3.05, 3.63) is 35.9 Å². The Morgan fingerprint density at radius 1 is 1.22 bits per heavy atom. The van der Waals surface area contributed by atoms with Crippen molar-refractivity contribution in [1.29, 1.82) is 0 Å². The van der Waals surface area contributed by atoms with E-state index in [1.165, 1.54) is 12.0 Å². The van der Waals surface area contributed by atoms with Crippen LogP contribution in [0.1, 0.15) is 18.9 Å². The van der Waals surface area contributed by atoms with Gasteiger partial charge in [0, 0.05) is 38.8 Å². The molecule has 152 valence electrons. The third-order valence-electron chi connectivity index (χ3n) is 4.97. The third kappa shape index (κ3) is 7.21. The number of likely N-dealkylation sites (tertiary alicyclic amines) is 1. The Balaban J connectivity index is 0.00000261. The lowest BCUT2D eigenvalue weighted by Crippen LogP contribution is -2.46. The monoisotopic (exact) mass is 488 g/mol. The first-order chi connectivity index (χ1) is 12.9. The van der Waals surface area contributed by atoms with Gasteiger partial charge in [-0.1, -0.05) is 30.3 Å². The molecule has 0 spiro atoms. The minimum Gasteiger partial charge on any atom is -0.379 e. The van der Waals surface area contributed by atoms with Crippen LogP contribution in [-0.4, -0.2) is 80.9 Å². The summed E-state index contributed by atoms with van der Waals surface area (Å²) in [5.41, 5.74) is 1.20. The Kier molecular flexibility index (Phi) is 10.4. The molecule has 0 amide bonds. The van der Waals surface area contributed by atoms with Gasteiger partial charge in [-0.3, -0.25) is 9.89 Å². The van der Waals surface area contributed by atoms with Gasteiger partial charge in [0.05, 0.1) is 33.0 Å². The van der Waals surface area contributed by atoms with Crippen molar-refractivity contribution in [2.75, 3.05) is 59.1 Å². The molecule has 7 heteroatoms. The third-order valence-corrected chi connectivity index (χ3v) is 4.97. The number of halogens is 1. The van der Waals surface area contributed by atoms with Crippen LogP contribution in [0.5, 0.6) is 0 Å². The molecule has 2 aliphatic heterocycles. The predicted octanol–water partition coefficient (Wildman–Crippen LogP) is 2.19. The first-order valence-electron chi connectivity index (χ1n) is 9.83. The molecule has 1 aromatic rings. The van der Waals surface area contributed by atoms with Crippen LogP contribution in [0, 0.1) is 0 Å². The van der Waals surface area contributed by atoms with E-state index in [1.807, 2.05) is 18.2 Å². The first kappa shape index (κ1) is 22.4. The van der Waals surface area contributed by atoms with Crippen LogP contribution in [0.3, 0.4) is 0 Å². The van der Waals surface area contributed by atoms with E-state index in [0.29, 0.717) is 25.8 Å². The molecule has 1 N–H and O–H groups in total. The van der Waals surface area contributed by atoms with E-state index in [0.717, 1.165) is 51.9 Å². The molecule has 0 aromatic heterocycles. The van der Waals surface area contributed by atoms with E-state index in [9.17, 15) is 0 Å². The fraction of sp³-hybridized carbons (Fsp3) is 0.650. The molecule has 1 atom stereocenters. The highest BCUT2D eigenvalue weighted by atomic mass is 127. The molecule has 3 rings (SSSR count). The number of guanidine groups is 1. The van der Waals surface area contributed by atoms with Crippen molar-refractivity contribution in [1.82, 2.24) is 15.1 Å². The lowest BCUT2D eigenvalue weighted by Gasteiger charge is -2.32. The second-order valence-corrected chi connectivity index (χ2v) is 6.81. The summed E-state index contributed by atoms with van der Waals surface area (Å²) >= 11 is 0. The van der Waals surface area contributed by atoms with Gasteiger partial charge in [-0.15, -0.1) is 24.0 Å². The summed E-state index contributed by atoms with van der Waals surface area (Å²) in [6.45, 7) is 11.0. The Morgan fingerprint density at radius 3 is 2.74 bits per heavy atom. The molecule has 1 unspecified atom stereocenters. The number of morpholine rings is 1. The molecule has 0 saturated carbocycles. The zero-order valence-electron chi connectivity index (χ0n) is 16.3. The molecule has 6 nitrogen and oxygen atoms in total. The number of hydrogen-bond acceptors (Lipinski definition) is 4. The maximum Gasteiger partial charge on any atom is 0.194 e. The Morgan fingerprint density at radius 2 is 2.00 bits per heavy atom. The Labute approximate surface area is 180 Å². The van der Waals surface area contributed by atoms with Crippen molar-refractivity contribution in [2.24, 2.45) is 4.99 Å². The van der Waals surface area contributed by atoms with E-state index in [2.05, 4.69) is 34.2 Å². The fourth-order valence-corrected chi connectivity index (χ4v) is 3.58. The molecule has 2 fully saturated rings. The van der Waals surface area contributed by atoms with E-state index >= 15 is 0 Å². The summed E-state index contributed by atoms with van der Waals surface area (Å²) < 4.78 is 11.2. The van der Waals surface area contributed by atoms with Crippen LogP contribution >= 0.6 is 24.0 Å². The number of rotatable bonds is 7. The van der Waals surface area contributed by atoms with Crippen LogP contribution in [0.2, 0.25) is 0 Å². The number of ether oxygens (including phenoxy) is 2. The zero-order valence-corrected chi connectivity index (χ0v) is 18.6. The Hall–Kier alpha value is -0.900. The van der Waals surface area contributed by atoms with Gasteiger partial charge in [-0.05, 0) is 18.9 Å². The maximum absolute atomic E-state index is 5.75. The summed E-state index contributed by atoms with van der Waals surface area (Å²) in [7, 11) is 0. The average Bonchev–Trinajstić information content (AvgIpc) is 3.18. The topological polar surface area (TPSA) is 49.3 Å². The number of hydrogen-bond donors (Lipinski definition) is 1. The van der Waals surface area contributed by atoms with Crippen LogP contribution in [0.15, 0.2) is 35.3 Å². The van der Waals surface area contributed by atoms with E-state index in [1.54, 1.807) is 0 Å². The number of aliphatic imine (C=N–C) groups is 1. The largest absolute Gasteiger partial charge is 0.379 e. The minimum atomic E-state index is 0. The van der Waals surface area contributed by atoms with Crippen LogP contribution in [-0.2, 0) is 16.1 Å². The van der Waals surface area contributed by atoms with Crippen molar-refractivity contribution in [3.8, 4) is 0 Å². The van der Waals surface area contributed by atoms with Crippen LogP contribution in [0.4, 0.5) is 0 Å². The van der Waals surface area contributed by atoms with Crippen LogP contribution in [0.25, 0.3) is 0 Å². The second kappa shape index (κ2) is 12.5. The van der Waals surface area contributed by atoms with Crippen molar-refractivity contribution in [3.63, 3.8) is 0 Å². The van der Waals surface area contributed by atoms with E-state index < -0.39 is 0 Å². The van der Waals surface area contributed by atoms with Gasteiger partial charge in [0.25, 0.3) is 0 Å². The van der Waals surface area contributed by atoms with Crippen LogP contribution < -0.4 is 5.32 Å². The lowest BCUT2D eigenvalue weighted by molar-refractivity contribution is 0.0195. The molecule has 0 bridgehead atoms. The number of nitrogens with one attached hydrogen (secondary N) is 1. The van der Waals surface area contributed by atoms with Crippen molar-refractivity contribution < 1.29 is 9.47 Å². The van der Waals surface area contributed by atoms with Gasteiger partial charge in [0.1, 0.15) is 0 Å². The molecule has 2 heterocycles. The van der Waals surface area contributed by atoms with Crippen molar-refractivity contribution in [2.45, 2.75) is 26.0 Å². The predicted molar refractivity (Wildman–Crippen MR) is 120 cm³/mol. The average molecular weight is 488 g/mol. The quantitative estimate of drug-likeness (QED) is 0.276. The highest BCUT2D eigenvalue weighted by molar-refractivity contribution is 14.0. The standard InChI is InChI=1S/C20H32N4O2.HI/c1-2-21-20(22-9-13-26-17-18-6-4-3-5-7-18)24-10-8-19(16-24)23-11-14-25-15-12-23;/h3-7,19H,2,8-17H2,1H3,(H,21,22);1H. The van der Waals surface area contributed by atoms with Gasteiger partial charge in [-0.25, -0.2) is 0 Å². The highest BCUT2D eigenvalue weighted by Gasteiger charge is 2.30. The summed E-state index contributed by atoms with van der Waals surface area (Å²) in [5.74, 6) is 1.02. The van der Waals surface area contributed by atoms with Gasteiger partial charge >= 0.3 is 0 Å². The maximum atomic E-state index is 5.75. The molecule has 2 aliphatic rings. The second-order valence-electron chi connectivity index (χ2n) is 6.81. The van der Waals surface area contributed by atoms with Crippen molar-refractivity contribution >= 4 is 29.9 Å². The normalized spacial score (nSPS) is 21.1. The summed E-state index contributed by atoms with van der Waals surface area (Å²) in [4.78, 5) is 9.72. The summed E-state index contributed by atoms with van der Waals surface area (Å²) in [6.07, 6.45) is 1.20. The first-order valence-corrected chi connectivity index (χ1v) is 9.83. The van der Waals surface area contributed by atoms with E-state index in [4.69, 9.17) is 14.5 Å². The Bertz CT molecular complexity index is 552. The summed E-state index contributed by atoms with van der Waals surface area (Å²) in [5, 5.41) is 3.43. The van der Waals surface area contributed by atoms with Gasteiger partial charge in [0.15, 0.2) is 5.96 Å². The highest BCUT2D eigenvalue weighted by Crippen LogP contribution is 2.17. The molecule has 1 aromatic carbocycles. The SMILES string of the molecule is CCNC(=NCCOCc1ccccc1)N1CCC(N2CCOCC2)C1.I. The molecule has 2 saturated heterocycles. The zero-order chi connectivity index (χ0) is 18.0. The van der Waals surface area contributed by atoms with Gasteiger partial charge in [0.2, 0.25) is 0 Å². The molecular weight excluding hydrogens is 455 g/mol. The van der Waals surface area contributed by atoms with Gasteiger partial charge < -0.3 is 19.7 Å². The number of nitrogens with zero attached hydrogens (tertiary/aromatic N) is 3. The van der Waals surface area contributed by atoms with E-state index in [-0.39, 0.29) is 24.0 Å². The minimum absolute atomic E-state index is 0. The lowest BCUT2D eigenvalue weighted by atomic mass is 10.2. The molecule has 0 aliphatic carbocycles. The number of benzene rings is 1. The smallest absolute Gasteiger partial charge is 0.194 e. The molecule has 27 heavy (non-hydrogen) atoms.